The molecule has 0 aromatic carbocycles. The molecule has 0 heterocycles. The first-order chi connectivity index (χ1) is 45.5. The fraction of sp³-hybridized carbons (Fsp3) is 0.907. The van der Waals surface area contributed by atoms with Crippen LogP contribution in [0.4, 0.5) is 0 Å². The van der Waals surface area contributed by atoms with Crippen LogP contribution in [0.3, 0.4) is 0 Å². The first kappa shape index (κ1) is 90.1. The minimum absolute atomic E-state index is 0.00909. The molecule has 0 aliphatic carbocycles. The van der Waals surface area contributed by atoms with Crippen molar-refractivity contribution in [1.82, 2.24) is 5.32 Å². The molecule has 0 fully saturated rings. The van der Waals surface area contributed by atoms with Gasteiger partial charge in [0.2, 0.25) is 5.91 Å². The van der Waals surface area contributed by atoms with E-state index in [9.17, 15) is 19.8 Å². The van der Waals surface area contributed by atoms with Gasteiger partial charge in [-0.25, -0.2) is 0 Å². The Bertz CT molecular complexity index is 1490. The predicted molar refractivity (Wildman–Crippen MR) is 407 cm³/mol. The largest absolute Gasteiger partial charge is 0.466 e. The highest BCUT2D eigenvalue weighted by atomic mass is 16.5. The van der Waals surface area contributed by atoms with Gasteiger partial charge in [0.1, 0.15) is 0 Å². The van der Waals surface area contributed by atoms with Gasteiger partial charge in [0.05, 0.1) is 25.4 Å². The summed E-state index contributed by atoms with van der Waals surface area (Å²) in [7, 11) is 0. The second kappa shape index (κ2) is 81.5. The zero-order chi connectivity index (χ0) is 66.3. The van der Waals surface area contributed by atoms with Crippen LogP contribution in [0.5, 0.6) is 0 Å². The van der Waals surface area contributed by atoms with E-state index < -0.39 is 12.1 Å². The second-order valence-electron chi connectivity index (χ2n) is 29.2. The third-order valence-corrected chi connectivity index (χ3v) is 19.9. The Morgan fingerprint density at radius 1 is 0.304 bits per heavy atom. The van der Waals surface area contributed by atoms with Crippen LogP contribution in [0.2, 0.25) is 0 Å². The summed E-state index contributed by atoms with van der Waals surface area (Å²) in [6, 6.07) is -0.624. The Hall–Kier alpha value is -1.92. The molecule has 0 saturated carbocycles. The fourth-order valence-electron chi connectivity index (χ4n) is 13.5. The lowest BCUT2D eigenvalue weighted by Gasteiger charge is -2.20. The van der Waals surface area contributed by atoms with Gasteiger partial charge in [-0.2, -0.15) is 0 Å². The van der Waals surface area contributed by atoms with E-state index in [1.54, 1.807) is 6.08 Å². The number of ether oxygens (including phenoxy) is 1. The van der Waals surface area contributed by atoms with E-state index in [-0.39, 0.29) is 18.5 Å². The molecule has 2 atom stereocenters. The smallest absolute Gasteiger partial charge is 0.305 e. The quantitative estimate of drug-likeness (QED) is 0.0320. The van der Waals surface area contributed by atoms with Crippen molar-refractivity contribution >= 4 is 11.9 Å². The average molecular weight is 1290 g/mol. The molecule has 0 saturated heterocycles. The minimum atomic E-state index is -0.842. The molecule has 6 heteroatoms. The van der Waals surface area contributed by atoms with Gasteiger partial charge in [0, 0.05) is 12.8 Å². The Labute approximate surface area is 576 Å². The summed E-state index contributed by atoms with van der Waals surface area (Å²) in [6.07, 6.45) is 107. The Balaban J connectivity index is 3.32. The zero-order valence-electron chi connectivity index (χ0n) is 62.6. The fourth-order valence-corrected chi connectivity index (χ4v) is 13.5. The van der Waals surface area contributed by atoms with Crippen molar-refractivity contribution < 1.29 is 24.5 Å². The number of aliphatic hydroxyl groups is 2. The highest BCUT2D eigenvalue weighted by Crippen LogP contribution is 2.21. The summed E-state index contributed by atoms with van der Waals surface area (Å²) in [4.78, 5) is 24.6. The summed E-state index contributed by atoms with van der Waals surface area (Å²) < 4.78 is 5.49. The van der Waals surface area contributed by atoms with Crippen molar-refractivity contribution in [2.24, 2.45) is 0 Å². The number of amides is 1. The zero-order valence-corrected chi connectivity index (χ0v) is 62.6. The molecule has 2 unspecified atom stereocenters. The summed E-state index contributed by atoms with van der Waals surface area (Å²) in [5.74, 6) is -0.0475. The third-order valence-electron chi connectivity index (χ3n) is 19.9. The molecule has 0 bridgehead atoms. The number of esters is 1. The van der Waals surface area contributed by atoms with Gasteiger partial charge in [0.25, 0.3) is 0 Å². The van der Waals surface area contributed by atoms with Gasteiger partial charge in [-0.05, 0) is 57.8 Å². The number of carbonyl (C=O) groups excluding carboxylic acids is 2. The number of unbranched alkanes of at least 4 members (excludes halogenated alkanes) is 65. The molecule has 92 heavy (non-hydrogen) atoms. The van der Waals surface area contributed by atoms with Crippen molar-refractivity contribution in [2.75, 3.05) is 13.2 Å². The number of nitrogens with one attached hydrogen (secondary N) is 1. The summed E-state index contributed by atoms with van der Waals surface area (Å²) >= 11 is 0. The van der Waals surface area contributed by atoms with E-state index in [1.807, 2.05) is 6.08 Å². The molecule has 3 N–H and O–H groups in total. The van der Waals surface area contributed by atoms with E-state index >= 15 is 0 Å². The predicted octanol–water partition coefficient (Wildman–Crippen LogP) is 28.2. The number of hydrogen-bond acceptors (Lipinski definition) is 5. The Kier molecular flexibility index (Phi) is 79.8. The first-order valence-corrected chi connectivity index (χ1v) is 42.3. The van der Waals surface area contributed by atoms with Crippen molar-refractivity contribution in [1.29, 1.82) is 0 Å². The van der Waals surface area contributed by atoms with Gasteiger partial charge < -0.3 is 20.3 Å². The minimum Gasteiger partial charge on any atom is -0.466 e. The maximum absolute atomic E-state index is 12.6. The third kappa shape index (κ3) is 77.1. The van der Waals surface area contributed by atoms with Crippen LogP contribution in [0.15, 0.2) is 36.5 Å². The molecule has 0 aliphatic heterocycles. The standard InChI is InChI=1S/C86H165NO5/c1-3-5-7-9-11-13-15-17-18-19-20-21-39-42-45-48-51-55-58-62-66-70-74-78-84(89)83(82-88)87-85(90)79-75-71-67-63-59-56-52-49-46-43-40-37-35-33-31-29-27-25-23-22-24-26-28-30-32-34-36-38-41-44-47-50-53-57-61-65-69-73-77-81-92-86(91)80-76-72-68-64-60-54-16-14-12-10-8-6-4-2/h8,10,14,16,74,78,83-84,88-89H,3-7,9,11-13,15,17-73,75-77,79-82H2,1-2H3,(H,87,90)/b10-8-,16-14-,78-74+. The van der Waals surface area contributed by atoms with Crippen LogP contribution in [-0.2, 0) is 14.3 Å². The molecule has 6 nitrogen and oxygen atoms in total. The van der Waals surface area contributed by atoms with Crippen LogP contribution in [0.25, 0.3) is 0 Å². The Morgan fingerprint density at radius 2 is 0.565 bits per heavy atom. The molecular formula is C86H165NO5. The van der Waals surface area contributed by atoms with Crippen molar-refractivity contribution in [3.63, 3.8) is 0 Å². The van der Waals surface area contributed by atoms with Gasteiger partial charge in [-0.1, -0.05) is 442 Å². The lowest BCUT2D eigenvalue weighted by Crippen LogP contribution is -2.45. The number of aliphatic hydroxyl groups excluding tert-OH is 2. The number of carbonyl (C=O) groups is 2. The van der Waals surface area contributed by atoms with Gasteiger partial charge in [0.15, 0.2) is 0 Å². The normalized spacial score (nSPS) is 12.6. The maximum Gasteiger partial charge on any atom is 0.305 e. The second-order valence-corrected chi connectivity index (χ2v) is 29.2. The number of allylic oxidation sites excluding steroid dienone is 5. The van der Waals surface area contributed by atoms with Crippen LogP contribution in [-0.4, -0.2) is 47.4 Å². The van der Waals surface area contributed by atoms with Crippen molar-refractivity contribution in [2.45, 2.75) is 488 Å². The van der Waals surface area contributed by atoms with Gasteiger partial charge >= 0.3 is 5.97 Å². The monoisotopic (exact) mass is 1290 g/mol. The lowest BCUT2D eigenvalue weighted by molar-refractivity contribution is -0.143. The first-order valence-electron chi connectivity index (χ1n) is 42.3. The van der Waals surface area contributed by atoms with Crippen LogP contribution >= 0.6 is 0 Å². The highest BCUT2D eigenvalue weighted by Gasteiger charge is 2.18. The molecule has 544 valence electrons. The van der Waals surface area contributed by atoms with Crippen LogP contribution < -0.4 is 5.32 Å². The van der Waals surface area contributed by atoms with E-state index in [0.717, 1.165) is 51.4 Å². The van der Waals surface area contributed by atoms with E-state index in [4.69, 9.17) is 4.74 Å². The van der Waals surface area contributed by atoms with Crippen LogP contribution in [0, 0.1) is 0 Å². The van der Waals surface area contributed by atoms with E-state index in [2.05, 4.69) is 43.5 Å². The number of rotatable bonds is 80. The summed E-state index contributed by atoms with van der Waals surface area (Å²) in [6.45, 7) is 4.89. The average Bonchev–Trinajstić information content (AvgIpc) is 3.48. The molecule has 0 aromatic heterocycles. The number of hydrogen-bond donors (Lipinski definition) is 3. The maximum atomic E-state index is 12.6. The molecule has 0 aromatic rings. The molecule has 0 aliphatic rings. The van der Waals surface area contributed by atoms with Crippen molar-refractivity contribution in [3.8, 4) is 0 Å². The topological polar surface area (TPSA) is 95.9 Å². The van der Waals surface area contributed by atoms with Gasteiger partial charge in [-0.15, -0.1) is 0 Å². The Morgan fingerprint density at radius 3 is 0.870 bits per heavy atom. The summed E-state index contributed by atoms with van der Waals surface area (Å²) in [5, 5.41) is 23.3. The lowest BCUT2D eigenvalue weighted by atomic mass is 10.0. The molecule has 0 radical (unpaired) electrons. The molecule has 1 amide bonds. The molecular weight excluding hydrogens is 1130 g/mol. The molecule has 0 rings (SSSR count). The van der Waals surface area contributed by atoms with Crippen molar-refractivity contribution in [3.05, 3.63) is 36.5 Å². The molecule has 0 spiro atoms. The SMILES string of the molecule is CCC/C=C\C/C=C\CCCCCCCC(=O)OCCCCCCCCCCCCCCCCCCCCCCCCCCCCCCCCCCCCCCCCCC(=O)NC(CO)C(O)/C=C/CCCCCCCCCCCCCCCCCCCCCCC. The van der Waals surface area contributed by atoms with E-state index in [1.165, 1.54) is 398 Å². The highest BCUT2D eigenvalue weighted by molar-refractivity contribution is 5.76. The van der Waals surface area contributed by atoms with Gasteiger partial charge in [-0.3, -0.25) is 9.59 Å². The van der Waals surface area contributed by atoms with E-state index in [0.29, 0.717) is 19.4 Å². The van der Waals surface area contributed by atoms with Crippen LogP contribution in [0.1, 0.15) is 476 Å². The summed E-state index contributed by atoms with van der Waals surface area (Å²) in [5.41, 5.74) is 0.